The molecule has 2 aliphatic carbocycles. The van der Waals surface area contributed by atoms with E-state index in [-0.39, 0.29) is 63.7 Å². The Morgan fingerprint density at radius 1 is 0.396 bits per heavy atom. The predicted octanol–water partition coefficient (Wildman–Crippen LogP) is -2.32. The second kappa shape index (κ2) is 21.0. The van der Waals surface area contributed by atoms with Crippen molar-refractivity contribution in [2.45, 2.75) is 0 Å². The zero-order chi connectivity index (χ0) is 31.3. The monoisotopic (exact) mass is 774 g/mol. The first kappa shape index (κ1) is 46.6. The van der Waals surface area contributed by atoms with E-state index >= 15 is 0 Å². The Bertz CT molecular complexity index is 1960. The van der Waals surface area contributed by atoms with E-state index in [1.54, 1.807) is 73.6 Å². The van der Waals surface area contributed by atoms with Crippen LogP contribution < -0.4 is 10.2 Å². The Hall–Kier alpha value is -6.44. The summed E-state index contributed by atoms with van der Waals surface area (Å²) in [5.74, 6) is -0.971. The van der Waals surface area contributed by atoms with Crippen molar-refractivity contribution in [3.63, 3.8) is 0 Å². The van der Waals surface area contributed by atoms with Crippen molar-refractivity contribution in [3.05, 3.63) is 156 Å². The number of hydrogen-bond acceptors (Lipinski definition) is 12. The molecule has 0 fully saturated rings. The van der Waals surface area contributed by atoms with E-state index in [4.69, 9.17) is 0 Å². The minimum Gasteiger partial charge on any atom is -0.856 e. The molecular formula is C34H34N10O8Zn+2. The maximum absolute atomic E-state index is 12.1. The summed E-state index contributed by atoms with van der Waals surface area (Å²) >= 11 is 0. The van der Waals surface area contributed by atoms with Crippen LogP contribution in [-0.4, -0.2) is 75.0 Å². The number of fused-ring (bicyclic) bond motifs is 6. The molecule has 2 aliphatic rings. The van der Waals surface area contributed by atoms with Gasteiger partial charge in [0.1, 0.15) is 11.4 Å². The van der Waals surface area contributed by atoms with E-state index in [2.05, 4.69) is 50.3 Å². The molecule has 0 saturated carbocycles. The quantitative estimate of drug-likeness (QED) is 0.0612. The molecule has 53 heavy (non-hydrogen) atoms. The molecule has 6 heterocycles. The smallest absolute Gasteiger partial charge is 0.856 e. The molecule has 14 N–H and O–H groups in total. The molecule has 268 valence electrons. The molecule has 0 unspecified atom stereocenters. The van der Waals surface area contributed by atoms with Crippen molar-refractivity contribution in [2.75, 3.05) is 0 Å². The van der Waals surface area contributed by atoms with Gasteiger partial charge in [0.05, 0.1) is 34.2 Å². The standard InChI is InChI=1S/2C17H11N5O.6H2O.Zn/c2*23-17(13-7-1-2-8-18-13)22-21-14-11-5-3-9-19-15(11)16-12(14)6-4-10-20-16;;;;;;;/h2*1-10H,(H,22,23);6*1H2;/q;;;;;;;;+2. The Labute approximate surface area is 313 Å². The summed E-state index contributed by atoms with van der Waals surface area (Å²) in [5.41, 5.74) is 7.99. The summed E-state index contributed by atoms with van der Waals surface area (Å²) in [6.45, 7) is 0. The van der Waals surface area contributed by atoms with Gasteiger partial charge < -0.3 is 43.1 Å². The van der Waals surface area contributed by atoms with Gasteiger partial charge in [0.2, 0.25) is 0 Å². The fourth-order valence-electron chi connectivity index (χ4n) is 4.92. The van der Waals surface area contributed by atoms with E-state index in [0.717, 1.165) is 45.0 Å². The van der Waals surface area contributed by atoms with Crippen LogP contribution in [0, 0.1) is 0 Å². The molecule has 19 heteroatoms. The van der Waals surface area contributed by atoms with Crippen molar-refractivity contribution >= 4 is 23.2 Å². The maximum Gasteiger partial charge on any atom is 2.00 e. The van der Waals surface area contributed by atoms with Gasteiger partial charge in [0.25, 0.3) is 0 Å². The minimum atomic E-state index is -0.485. The molecule has 6 aromatic rings. The molecule has 6 aromatic heterocycles. The van der Waals surface area contributed by atoms with Crippen LogP contribution in [0.4, 0.5) is 0 Å². The third-order valence-electron chi connectivity index (χ3n) is 6.95. The Morgan fingerprint density at radius 3 is 0.943 bits per heavy atom. The molecule has 0 spiro atoms. The normalized spacial score (nSPS) is 11.0. The fraction of sp³-hybridized carbons (Fsp3) is 0. The van der Waals surface area contributed by atoms with E-state index in [0.29, 0.717) is 11.4 Å². The summed E-state index contributed by atoms with van der Waals surface area (Å²) in [5, 5.41) is 40.0. The topological polar surface area (TPSA) is 365 Å². The van der Waals surface area contributed by atoms with Crippen molar-refractivity contribution < 1.29 is 62.5 Å². The molecule has 0 aromatic carbocycles. The van der Waals surface area contributed by atoms with Crippen LogP contribution in [0.1, 0.15) is 33.6 Å². The first-order valence-electron chi connectivity index (χ1n) is 14.0. The van der Waals surface area contributed by atoms with E-state index in [9.17, 15) is 10.2 Å². The van der Waals surface area contributed by atoms with Gasteiger partial charge in [-0.15, -0.1) is 0 Å². The first-order chi connectivity index (χ1) is 22.7. The largest absolute Gasteiger partial charge is 2.00 e. The number of hydrogen-bond donors (Lipinski definition) is 0. The second-order valence-corrected chi connectivity index (χ2v) is 9.74. The average molecular weight is 776 g/mol. The van der Waals surface area contributed by atoms with E-state index in [1.807, 2.05) is 48.5 Å². The van der Waals surface area contributed by atoms with Gasteiger partial charge >= 0.3 is 19.5 Å². The summed E-state index contributed by atoms with van der Waals surface area (Å²) < 4.78 is 0. The van der Waals surface area contributed by atoms with Gasteiger partial charge in [0.15, 0.2) is 0 Å². The van der Waals surface area contributed by atoms with Crippen molar-refractivity contribution in [1.29, 1.82) is 0 Å². The molecule has 0 saturated heterocycles. The van der Waals surface area contributed by atoms with Gasteiger partial charge in [-0.25, -0.2) is 0 Å². The van der Waals surface area contributed by atoms with E-state index in [1.165, 1.54) is 0 Å². The van der Waals surface area contributed by atoms with Crippen LogP contribution in [0.5, 0.6) is 0 Å². The predicted molar refractivity (Wildman–Crippen MR) is 192 cm³/mol. The second-order valence-electron chi connectivity index (χ2n) is 9.74. The Morgan fingerprint density at radius 2 is 0.679 bits per heavy atom. The molecule has 0 bridgehead atoms. The number of aromatic nitrogens is 6. The number of rotatable bonds is 4. The van der Waals surface area contributed by atoms with Gasteiger partial charge in [-0.05, 0) is 72.8 Å². The van der Waals surface area contributed by atoms with Crippen LogP contribution in [0.3, 0.4) is 0 Å². The van der Waals surface area contributed by atoms with Crippen LogP contribution >= 0.6 is 0 Å². The average Bonchev–Trinajstić information content (AvgIpc) is 3.63. The maximum atomic E-state index is 12.1. The van der Waals surface area contributed by atoms with Crippen LogP contribution in [-0.2, 0) is 30.4 Å². The van der Waals surface area contributed by atoms with Crippen molar-refractivity contribution in [1.82, 2.24) is 29.9 Å². The zero-order valence-corrected chi connectivity index (χ0v) is 30.7. The molecule has 0 atom stereocenters. The third-order valence-corrected chi connectivity index (χ3v) is 6.95. The van der Waals surface area contributed by atoms with Gasteiger partial charge in [-0.3, -0.25) is 29.9 Å². The van der Waals surface area contributed by atoms with Crippen LogP contribution in [0.15, 0.2) is 143 Å². The first-order valence-corrected chi connectivity index (χ1v) is 14.0. The van der Waals surface area contributed by atoms with Crippen LogP contribution in [0.2, 0.25) is 0 Å². The SMILES string of the molecule is O.O.O.O.[O-]/C(=N\N=C1c2cccnc2-c2ncccc21)c1ccccn1.[O-]/C(=N\N=C1c2cccnc2-c2ncccc21)c1ccccn1.[OH3+].[OH3+].[Zn+2]. The molecule has 18 nitrogen and oxygen atoms in total. The summed E-state index contributed by atoms with van der Waals surface area (Å²) in [7, 11) is 0. The third kappa shape index (κ3) is 9.47. The summed E-state index contributed by atoms with van der Waals surface area (Å²) in [6.07, 6.45) is 9.91. The number of pyridine rings is 6. The van der Waals surface area contributed by atoms with Gasteiger partial charge in [-0.2, -0.15) is 20.4 Å². The van der Waals surface area contributed by atoms with Crippen molar-refractivity contribution in [2.24, 2.45) is 20.4 Å². The molecule has 8 rings (SSSR count). The summed E-state index contributed by atoms with van der Waals surface area (Å²) in [4.78, 5) is 25.4. The van der Waals surface area contributed by atoms with Crippen molar-refractivity contribution in [3.8, 4) is 22.8 Å². The van der Waals surface area contributed by atoms with Gasteiger partial charge in [0, 0.05) is 71.2 Å². The van der Waals surface area contributed by atoms with Crippen LogP contribution in [0.25, 0.3) is 22.8 Å². The zero-order valence-electron chi connectivity index (χ0n) is 27.7. The Balaban J connectivity index is 0.000000901. The molecular weight excluding hydrogens is 742 g/mol. The van der Waals surface area contributed by atoms with Gasteiger partial charge in [-0.1, -0.05) is 12.1 Å². The Kier molecular flexibility index (Phi) is 18.5. The molecule has 0 radical (unpaired) electrons. The molecule has 0 amide bonds. The van der Waals surface area contributed by atoms with E-state index < -0.39 is 11.8 Å². The number of nitrogens with zero attached hydrogens (tertiary/aromatic N) is 10. The summed E-state index contributed by atoms with van der Waals surface area (Å²) in [6, 6.07) is 25.0. The fourth-order valence-corrected chi connectivity index (χ4v) is 4.92. The molecule has 0 aliphatic heterocycles. The minimum absolute atomic E-state index is 0.